The van der Waals surface area contributed by atoms with Gasteiger partial charge < -0.3 is 24.3 Å². The minimum absolute atomic E-state index is 0. The van der Waals surface area contributed by atoms with E-state index < -0.39 is 29.4 Å². The van der Waals surface area contributed by atoms with Crippen LogP contribution in [0.4, 0.5) is 0 Å². The molecule has 3 amide bonds. The normalized spacial score (nSPS) is 19.0. The predicted molar refractivity (Wildman–Crippen MR) is 275 cm³/mol. The number of rotatable bonds is 10. The first-order chi connectivity index (χ1) is 29.2. The third-order valence-electron chi connectivity index (χ3n) is 12.4. The number of hydrazine groups is 1. The fourth-order valence-corrected chi connectivity index (χ4v) is 8.95. The first-order valence-corrected chi connectivity index (χ1v) is 21.9. The molecule has 356 valence electrons. The van der Waals surface area contributed by atoms with Crippen molar-refractivity contribution in [2.75, 3.05) is 32.8 Å². The Morgan fingerprint density at radius 2 is 1.75 bits per heavy atom. The van der Waals surface area contributed by atoms with Crippen molar-refractivity contribution in [2.24, 2.45) is 17.3 Å². The van der Waals surface area contributed by atoms with E-state index >= 15 is 0 Å². The van der Waals surface area contributed by atoms with Crippen LogP contribution in [0.15, 0.2) is 73.4 Å². The van der Waals surface area contributed by atoms with Crippen LogP contribution >= 0.6 is 40.5 Å². The molecule has 12 nitrogen and oxygen atoms in total. The zero-order valence-electron chi connectivity index (χ0n) is 38.3. The molecule has 0 aliphatic carbocycles. The Kier molecular flexibility index (Phi) is 19.9. The van der Waals surface area contributed by atoms with Crippen molar-refractivity contribution in [2.45, 2.75) is 112 Å². The van der Waals surface area contributed by atoms with Gasteiger partial charge in [-0.25, -0.2) is 5.43 Å². The molecule has 0 saturated carbocycles. The third-order valence-corrected chi connectivity index (χ3v) is 12.4. The summed E-state index contributed by atoms with van der Waals surface area (Å²) in [7, 11) is 0. The Morgan fingerprint density at radius 1 is 1.03 bits per heavy atom. The molecule has 2 N–H and O–H groups in total. The molecule has 3 aliphatic rings. The Hall–Kier alpha value is -4.28. The Labute approximate surface area is 407 Å². The molecule has 2 saturated heterocycles. The summed E-state index contributed by atoms with van der Waals surface area (Å²) in [5.41, 5.74) is 11.2. The quantitative estimate of drug-likeness (QED) is 0.122. The van der Waals surface area contributed by atoms with Crippen molar-refractivity contribution in [1.82, 2.24) is 30.2 Å². The highest BCUT2D eigenvalue weighted by Gasteiger charge is 2.37. The number of carbonyl (C=O) groups excluding carboxylic acids is 4. The number of aromatic nitrogens is 2. The maximum Gasteiger partial charge on any atom is 0.324 e. The van der Waals surface area contributed by atoms with Gasteiger partial charge in [-0.15, -0.1) is 0 Å². The summed E-state index contributed by atoms with van der Waals surface area (Å²) in [5.74, 6) is -1.58. The SMILES string of the molecule is C.C=CC(=O)N1CC(OCC(C(=O)N[C@H]2Cc3cccc(c3)-c3ccc4c(c3)c(c(-c3cccnc3C(C)C)n4CC)CC(C)(C)COC(=O)[C@@H]3CCCN(N3)C2=O)C(C)C)C1.S.S.S. The predicted octanol–water partition coefficient (Wildman–Crippen LogP) is 7.82. The number of nitrogens with one attached hydrogen (secondary N) is 2. The van der Waals surface area contributed by atoms with Crippen LogP contribution < -0.4 is 10.7 Å². The van der Waals surface area contributed by atoms with Gasteiger partial charge in [-0.1, -0.05) is 85.9 Å². The van der Waals surface area contributed by atoms with Gasteiger partial charge in [-0.05, 0) is 90.6 Å². The number of cyclic esters (lactones) is 1. The molecule has 65 heavy (non-hydrogen) atoms. The lowest BCUT2D eigenvalue weighted by Crippen LogP contribution is -2.61. The molecule has 0 spiro atoms. The lowest BCUT2D eigenvalue weighted by atomic mass is 9.83. The number of carbonyl (C=O) groups is 4. The van der Waals surface area contributed by atoms with Gasteiger partial charge in [0.05, 0.1) is 36.6 Å². The van der Waals surface area contributed by atoms with Gasteiger partial charge in [-0.3, -0.25) is 29.2 Å². The van der Waals surface area contributed by atoms with E-state index in [1.54, 1.807) is 4.90 Å². The number of amides is 3. The van der Waals surface area contributed by atoms with E-state index in [1.165, 1.54) is 16.6 Å². The summed E-state index contributed by atoms with van der Waals surface area (Å²) >= 11 is 0. The molecule has 5 heterocycles. The lowest BCUT2D eigenvalue weighted by Gasteiger charge is -2.39. The van der Waals surface area contributed by atoms with Crippen LogP contribution in [0.2, 0.25) is 0 Å². The smallest absolute Gasteiger partial charge is 0.324 e. The van der Waals surface area contributed by atoms with Gasteiger partial charge in [-0.2, -0.15) is 40.5 Å². The molecule has 3 aliphatic heterocycles. The average molecular weight is 949 g/mol. The number of fused-ring (bicyclic) bond motifs is 6. The van der Waals surface area contributed by atoms with Gasteiger partial charge in [0.2, 0.25) is 11.8 Å². The first kappa shape index (κ1) is 55.1. The summed E-state index contributed by atoms with van der Waals surface area (Å²) < 4.78 is 14.6. The number of nitrogens with zero attached hydrogens (tertiary/aromatic N) is 4. The molecule has 7 rings (SSSR count). The van der Waals surface area contributed by atoms with Crippen LogP contribution in [0.25, 0.3) is 33.3 Å². The molecule has 15 heteroatoms. The molecule has 1 unspecified atom stereocenters. The highest BCUT2D eigenvalue weighted by Crippen LogP contribution is 2.42. The van der Waals surface area contributed by atoms with Crippen LogP contribution in [0.5, 0.6) is 0 Å². The van der Waals surface area contributed by atoms with Gasteiger partial charge >= 0.3 is 5.97 Å². The molecule has 3 atom stereocenters. The molecule has 2 aromatic heterocycles. The van der Waals surface area contributed by atoms with E-state index in [2.05, 4.69) is 92.9 Å². The number of ether oxygens (including phenoxy) is 2. The lowest BCUT2D eigenvalue weighted by molar-refractivity contribution is -0.155. The summed E-state index contributed by atoms with van der Waals surface area (Å²) in [6.45, 7) is 20.6. The van der Waals surface area contributed by atoms with Gasteiger partial charge in [0, 0.05) is 60.7 Å². The largest absolute Gasteiger partial charge is 0.464 e. The Bertz CT molecular complexity index is 2310. The first-order valence-electron chi connectivity index (χ1n) is 21.9. The summed E-state index contributed by atoms with van der Waals surface area (Å²) in [5, 5.41) is 5.73. The van der Waals surface area contributed by atoms with Crippen LogP contribution in [0.3, 0.4) is 0 Å². The summed E-state index contributed by atoms with van der Waals surface area (Å²) in [6.07, 6.45) is 4.97. The van der Waals surface area contributed by atoms with Crippen molar-refractivity contribution in [3.8, 4) is 22.4 Å². The number of aryl methyl sites for hydroxylation is 1. The molecule has 6 bridgehead atoms. The van der Waals surface area contributed by atoms with Gasteiger partial charge in [0.1, 0.15) is 12.1 Å². The fraction of sp³-hybridized carbons (Fsp3) is 0.500. The highest BCUT2D eigenvalue weighted by molar-refractivity contribution is 7.59. The van der Waals surface area contributed by atoms with E-state index in [4.69, 9.17) is 14.5 Å². The number of hydrogen-bond donors (Lipinski definition) is 2. The molecule has 0 radical (unpaired) electrons. The number of benzene rings is 2. The van der Waals surface area contributed by atoms with Gasteiger partial charge in [0.25, 0.3) is 5.91 Å². The number of hydrogen-bond acceptors (Lipinski definition) is 8. The minimum Gasteiger partial charge on any atom is -0.464 e. The Morgan fingerprint density at radius 3 is 2.43 bits per heavy atom. The maximum absolute atomic E-state index is 14.5. The molecule has 4 aromatic rings. The van der Waals surface area contributed by atoms with Crippen LogP contribution in [0.1, 0.15) is 91.5 Å². The second-order valence-corrected chi connectivity index (χ2v) is 18.4. The third kappa shape index (κ3) is 12.2. The molecule has 2 aromatic carbocycles. The van der Waals surface area contributed by atoms with E-state index in [0.29, 0.717) is 38.9 Å². The number of likely N-dealkylation sites (tertiary alicyclic amines) is 1. The van der Waals surface area contributed by atoms with E-state index in [1.807, 2.05) is 38.2 Å². The Balaban J connectivity index is 0.00000281. The van der Waals surface area contributed by atoms with Gasteiger partial charge in [0.15, 0.2) is 0 Å². The summed E-state index contributed by atoms with van der Waals surface area (Å²) in [6, 6.07) is 17.3. The van der Waals surface area contributed by atoms with E-state index in [0.717, 1.165) is 51.1 Å². The van der Waals surface area contributed by atoms with Crippen molar-refractivity contribution >= 4 is 75.1 Å². The fourth-order valence-electron chi connectivity index (χ4n) is 8.95. The minimum atomic E-state index is -0.932. The standard InChI is InChI=1S/C49H62N6O6.CH4.3H2S/c1-9-43(56)53-26-35(27-53)60-28-39(30(3)4)46(57)51-41-23-32-14-11-15-33(22-32)34-18-19-42-37(24-34)38(45(54(42)10-2)36-16-12-20-50-44(36)31(5)6)25-49(7,8)29-61-48(59)40-17-13-21-55(52-40)47(41)58;;;;/h9,11-12,14-16,18-20,22,24,30-31,35,39-41,52H,1,10,13,17,21,23,25-29H2,2-8H3,(H,51,57);1H4;3*1H2/t39?,40-,41-;;;;/m0..../s1. The second kappa shape index (κ2) is 23.4. The summed E-state index contributed by atoms with van der Waals surface area (Å²) in [4.78, 5) is 61.0. The second-order valence-electron chi connectivity index (χ2n) is 18.4. The molecular weight excluding hydrogens is 877 g/mol. The van der Waals surface area contributed by atoms with Crippen molar-refractivity contribution in [3.05, 3.63) is 90.3 Å². The highest BCUT2D eigenvalue weighted by atomic mass is 32.1. The van der Waals surface area contributed by atoms with Crippen LogP contribution in [-0.2, 0) is 48.0 Å². The average Bonchev–Trinajstić information content (AvgIpc) is 3.53. The van der Waals surface area contributed by atoms with E-state index in [9.17, 15) is 19.2 Å². The van der Waals surface area contributed by atoms with Crippen molar-refractivity contribution in [3.63, 3.8) is 0 Å². The van der Waals surface area contributed by atoms with Crippen LogP contribution in [0, 0.1) is 17.3 Å². The number of pyridine rings is 1. The van der Waals surface area contributed by atoms with Crippen molar-refractivity contribution in [1.29, 1.82) is 0 Å². The van der Waals surface area contributed by atoms with Crippen LogP contribution in [-0.4, -0.2) is 94.2 Å². The molecule has 2 fully saturated rings. The van der Waals surface area contributed by atoms with Crippen molar-refractivity contribution < 1.29 is 28.7 Å². The maximum atomic E-state index is 14.5. The topological polar surface area (TPSA) is 135 Å². The monoisotopic (exact) mass is 948 g/mol. The molecular formula is C50H72N6O6S3. The van der Waals surface area contributed by atoms with E-state index in [-0.39, 0.29) is 103 Å². The zero-order chi connectivity index (χ0) is 43.6. The number of esters is 1. The zero-order valence-corrected chi connectivity index (χ0v) is 41.3.